The zero-order valence-corrected chi connectivity index (χ0v) is 12.4. The number of esters is 1. The largest absolute Gasteiger partial charge is 0.467 e. The summed E-state index contributed by atoms with van der Waals surface area (Å²) < 4.78 is 7.21. The number of hydrogen-bond acceptors (Lipinski definition) is 4. The average molecular weight is 337 g/mol. The maximum atomic E-state index is 12.2. The molecule has 0 bridgehead atoms. The standard InChI is InChI=1S/C14H13BrN2O3/c1-20-14(19)12(17-7-6-16-9-17)8-13(18)10-2-4-11(15)5-3-10/h2-7,9,12H,8H2,1H3. The van der Waals surface area contributed by atoms with Crippen LogP contribution in [-0.2, 0) is 9.53 Å². The van der Waals surface area contributed by atoms with Crippen LogP contribution in [0.15, 0.2) is 47.5 Å². The highest BCUT2D eigenvalue weighted by Gasteiger charge is 2.24. The molecule has 0 aliphatic rings. The van der Waals surface area contributed by atoms with Crippen LogP contribution in [0.5, 0.6) is 0 Å². The first kappa shape index (κ1) is 14.5. The lowest BCUT2D eigenvalue weighted by Gasteiger charge is -2.15. The molecule has 0 aliphatic carbocycles. The molecule has 5 nitrogen and oxygen atoms in total. The Balaban J connectivity index is 2.18. The van der Waals surface area contributed by atoms with Gasteiger partial charge in [0.15, 0.2) is 5.78 Å². The summed E-state index contributed by atoms with van der Waals surface area (Å²) in [6, 6.07) is 6.32. The van der Waals surface area contributed by atoms with Gasteiger partial charge in [-0.25, -0.2) is 9.78 Å². The molecule has 2 aromatic rings. The Kier molecular flexibility index (Phi) is 4.68. The van der Waals surface area contributed by atoms with E-state index in [0.717, 1.165) is 4.47 Å². The highest BCUT2D eigenvalue weighted by Crippen LogP contribution is 2.18. The first-order valence-electron chi connectivity index (χ1n) is 5.96. The number of rotatable bonds is 5. The molecule has 104 valence electrons. The van der Waals surface area contributed by atoms with Crippen molar-refractivity contribution in [1.29, 1.82) is 0 Å². The average Bonchev–Trinajstić information content (AvgIpc) is 2.98. The van der Waals surface area contributed by atoms with Gasteiger partial charge in [-0.2, -0.15) is 0 Å². The summed E-state index contributed by atoms with van der Waals surface area (Å²) in [7, 11) is 1.30. The number of nitrogens with zero attached hydrogens (tertiary/aromatic N) is 2. The lowest BCUT2D eigenvalue weighted by atomic mass is 10.0. The second-order valence-electron chi connectivity index (χ2n) is 4.18. The van der Waals surface area contributed by atoms with Crippen molar-refractivity contribution in [1.82, 2.24) is 9.55 Å². The Morgan fingerprint density at radius 2 is 2.05 bits per heavy atom. The minimum Gasteiger partial charge on any atom is -0.467 e. The molecule has 0 fully saturated rings. The third kappa shape index (κ3) is 3.33. The van der Waals surface area contributed by atoms with Crippen molar-refractivity contribution in [2.75, 3.05) is 7.11 Å². The molecule has 0 saturated heterocycles. The van der Waals surface area contributed by atoms with Crippen LogP contribution in [0, 0.1) is 0 Å². The van der Waals surface area contributed by atoms with E-state index in [1.807, 2.05) is 0 Å². The van der Waals surface area contributed by atoms with Gasteiger partial charge in [-0.1, -0.05) is 28.1 Å². The Morgan fingerprint density at radius 3 is 2.60 bits per heavy atom. The summed E-state index contributed by atoms with van der Waals surface area (Å²) >= 11 is 3.31. The van der Waals surface area contributed by atoms with Crippen molar-refractivity contribution >= 4 is 27.7 Å². The third-order valence-corrected chi connectivity index (χ3v) is 3.43. The fourth-order valence-corrected chi connectivity index (χ4v) is 2.09. The first-order chi connectivity index (χ1) is 9.61. The Labute approximate surface area is 124 Å². The van der Waals surface area contributed by atoms with Crippen molar-refractivity contribution in [2.45, 2.75) is 12.5 Å². The Morgan fingerprint density at radius 1 is 1.35 bits per heavy atom. The lowest BCUT2D eigenvalue weighted by Crippen LogP contribution is -2.23. The lowest BCUT2D eigenvalue weighted by molar-refractivity contribution is -0.144. The van der Waals surface area contributed by atoms with Crippen molar-refractivity contribution in [2.24, 2.45) is 0 Å². The highest BCUT2D eigenvalue weighted by molar-refractivity contribution is 9.10. The zero-order chi connectivity index (χ0) is 14.5. The first-order valence-corrected chi connectivity index (χ1v) is 6.75. The van der Waals surface area contributed by atoms with Crippen molar-refractivity contribution < 1.29 is 14.3 Å². The van der Waals surface area contributed by atoms with Crippen LogP contribution >= 0.6 is 15.9 Å². The molecule has 1 atom stereocenters. The van der Waals surface area contributed by atoms with Gasteiger partial charge in [-0.3, -0.25) is 4.79 Å². The summed E-state index contributed by atoms with van der Waals surface area (Å²) in [4.78, 5) is 27.9. The van der Waals surface area contributed by atoms with Crippen LogP contribution < -0.4 is 0 Å². The minimum absolute atomic E-state index is 0.0324. The molecule has 0 amide bonds. The Bertz CT molecular complexity index is 593. The molecule has 0 radical (unpaired) electrons. The van der Waals surface area contributed by atoms with Crippen LogP contribution in [0.3, 0.4) is 0 Å². The molecule has 0 N–H and O–H groups in total. The van der Waals surface area contributed by atoms with Gasteiger partial charge in [0.1, 0.15) is 6.04 Å². The van der Waals surface area contributed by atoms with Crippen molar-refractivity contribution in [3.8, 4) is 0 Å². The van der Waals surface area contributed by atoms with E-state index in [2.05, 4.69) is 20.9 Å². The highest BCUT2D eigenvalue weighted by atomic mass is 79.9. The van der Waals surface area contributed by atoms with E-state index in [0.29, 0.717) is 5.56 Å². The molecule has 0 aliphatic heterocycles. The van der Waals surface area contributed by atoms with Gasteiger partial charge in [0, 0.05) is 28.9 Å². The summed E-state index contributed by atoms with van der Waals surface area (Å²) in [6.07, 6.45) is 4.72. The maximum Gasteiger partial charge on any atom is 0.329 e. The Hall–Kier alpha value is -1.95. The number of Topliss-reactive ketones (excluding diaryl/α,β-unsaturated/α-hetero) is 1. The van der Waals surface area contributed by atoms with Crippen molar-refractivity contribution in [3.63, 3.8) is 0 Å². The van der Waals surface area contributed by atoms with Crippen LogP contribution in [-0.4, -0.2) is 28.4 Å². The number of imidazole rings is 1. The van der Waals surface area contributed by atoms with Crippen molar-refractivity contribution in [3.05, 3.63) is 53.0 Å². The molecule has 0 saturated carbocycles. The van der Waals surface area contributed by atoms with Gasteiger partial charge < -0.3 is 9.30 Å². The fourth-order valence-electron chi connectivity index (χ4n) is 1.83. The van der Waals surface area contributed by atoms with E-state index in [1.165, 1.54) is 13.4 Å². The topological polar surface area (TPSA) is 61.2 Å². The van der Waals surface area contributed by atoms with Gasteiger partial charge in [0.05, 0.1) is 13.4 Å². The predicted molar refractivity (Wildman–Crippen MR) is 76.4 cm³/mol. The second kappa shape index (κ2) is 6.47. The quantitative estimate of drug-likeness (QED) is 0.622. The maximum absolute atomic E-state index is 12.2. The summed E-state index contributed by atoms with van der Waals surface area (Å²) in [5, 5.41) is 0. The number of methoxy groups -OCH3 is 1. The number of carbonyl (C=O) groups is 2. The van der Waals surface area contributed by atoms with Gasteiger partial charge in [0.2, 0.25) is 0 Å². The number of hydrogen-bond donors (Lipinski definition) is 0. The number of ketones is 1. The normalized spacial score (nSPS) is 11.9. The molecular weight excluding hydrogens is 324 g/mol. The molecule has 1 aromatic carbocycles. The molecule has 0 spiro atoms. The molecule has 20 heavy (non-hydrogen) atoms. The monoisotopic (exact) mass is 336 g/mol. The fraction of sp³-hybridized carbons (Fsp3) is 0.214. The van der Waals surface area contributed by atoms with Crippen LogP contribution in [0.1, 0.15) is 22.8 Å². The number of carbonyl (C=O) groups excluding carboxylic acids is 2. The van der Waals surface area contributed by atoms with Gasteiger partial charge >= 0.3 is 5.97 Å². The van der Waals surface area contributed by atoms with E-state index >= 15 is 0 Å². The SMILES string of the molecule is COC(=O)C(CC(=O)c1ccc(Br)cc1)n1ccnc1. The summed E-state index contributed by atoms with van der Waals surface area (Å²) in [5.41, 5.74) is 0.558. The summed E-state index contributed by atoms with van der Waals surface area (Å²) in [6.45, 7) is 0. The van der Waals surface area contributed by atoms with E-state index in [1.54, 1.807) is 41.2 Å². The zero-order valence-electron chi connectivity index (χ0n) is 10.8. The molecule has 1 unspecified atom stereocenters. The van der Waals surface area contributed by atoms with E-state index in [9.17, 15) is 9.59 Å². The second-order valence-corrected chi connectivity index (χ2v) is 5.10. The van der Waals surface area contributed by atoms with Gasteiger partial charge in [-0.05, 0) is 12.1 Å². The molecule has 1 aromatic heterocycles. The van der Waals surface area contributed by atoms with E-state index in [-0.39, 0.29) is 12.2 Å². The van der Waals surface area contributed by atoms with E-state index in [4.69, 9.17) is 4.74 Å². The smallest absolute Gasteiger partial charge is 0.329 e. The minimum atomic E-state index is -0.696. The number of aromatic nitrogens is 2. The molecular formula is C14H13BrN2O3. The van der Waals surface area contributed by atoms with Crippen LogP contribution in [0.25, 0.3) is 0 Å². The predicted octanol–water partition coefficient (Wildman–Crippen LogP) is 2.63. The molecule has 6 heteroatoms. The van der Waals surface area contributed by atoms with Gasteiger partial charge in [0.25, 0.3) is 0 Å². The van der Waals surface area contributed by atoms with Crippen LogP contribution in [0.4, 0.5) is 0 Å². The molecule has 1 heterocycles. The summed E-state index contributed by atoms with van der Waals surface area (Å²) in [5.74, 6) is -0.588. The van der Waals surface area contributed by atoms with Crippen LogP contribution in [0.2, 0.25) is 0 Å². The van der Waals surface area contributed by atoms with Gasteiger partial charge in [-0.15, -0.1) is 0 Å². The molecule has 2 rings (SSSR count). The number of halogens is 1. The number of benzene rings is 1. The van der Waals surface area contributed by atoms with E-state index < -0.39 is 12.0 Å². The third-order valence-electron chi connectivity index (χ3n) is 2.90. The number of ether oxygens (including phenoxy) is 1.